The van der Waals surface area contributed by atoms with Gasteiger partial charge in [0.05, 0.1) is 23.6 Å². The first-order valence-corrected chi connectivity index (χ1v) is 10.7. The summed E-state index contributed by atoms with van der Waals surface area (Å²) in [4.78, 5) is 22.1. The van der Waals surface area contributed by atoms with Gasteiger partial charge in [-0.1, -0.05) is 0 Å². The van der Waals surface area contributed by atoms with E-state index in [4.69, 9.17) is 0 Å². The fourth-order valence-electron chi connectivity index (χ4n) is 3.98. The average molecular weight is 431 g/mol. The lowest BCUT2D eigenvalue weighted by atomic mass is 10.1. The third-order valence-corrected chi connectivity index (χ3v) is 6.19. The lowest BCUT2D eigenvalue weighted by Gasteiger charge is -2.34. The van der Waals surface area contributed by atoms with Crippen molar-refractivity contribution in [3.63, 3.8) is 0 Å². The lowest BCUT2D eigenvalue weighted by molar-refractivity contribution is 0.102. The third-order valence-electron chi connectivity index (χ3n) is 6.19. The van der Waals surface area contributed by atoms with Gasteiger partial charge in [-0.05, 0) is 44.3 Å². The quantitative estimate of drug-likeness (QED) is 0.517. The van der Waals surface area contributed by atoms with Crippen molar-refractivity contribution in [3.8, 4) is 11.3 Å². The van der Waals surface area contributed by atoms with E-state index in [2.05, 4.69) is 42.4 Å². The number of H-pyrrole nitrogens is 1. The zero-order valence-electron chi connectivity index (χ0n) is 18.5. The molecule has 0 saturated carbocycles. The first-order valence-electron chi connectivity index (χ1n) is 10.7. The zero-order valence-corrected chi connectivity index (χ0v) is 18.5. The van der Waals surface area contributed by atoms with Gasteiger partial charge in [0.25, 0.3) is 5.91 Å². The van der Waals surface area contributed by atoms with E-state index < -0.39 is 0 Å². The second-order valence-corrected chi connectivity index (χ2v) is 8.25. The van der Waals surface area contributed by atoms with Crippen LogP contribution in [0.4, 0.5) is 11.5 Å². The number of hydrogen-bond donors (Lipinski definition) is 2. The van der Waals surface area contributed by atoms with Crippen LogP contribution in [0.1, 0.15) is 16.1 Å². The molecule has 1 aliphatic rings. The maximum atomic E-state index is 12.9. The number of aromatic amines is 1. The predicted molar refractivity (Wildman–Crippen MR) is 125 cm³/mol. The van der Waals surface area contributed by atoms with Crippen molar-refractivity contribution in [2.45, 2.75) is 6.92 Å². The first kappa shape index (κ1) is 20.2. The molecule has 4 heterocycles. The molecule has 1 saturated heterocycles. The molecule has 5 rings (SSSR count). The molecule has 0 radical (unpaired) electrons. The molecule has 3 aromatic heterocycles. The van der Waals surface area contributed by atoms with Crippen LogP contribution >= 0.6 is 0 Å². The molecule has 9 nitrogen and oxygen atoms in total. The van der Waals surface area contributed by atoms with Crippen LogP contribution in [0.3, 0.4) is 0 Å². The molecule has 0 unspecified atom stereocenters. The Hall–Kier alpha value is -3.72. The Bertz CT molecular complexity index is 1270. The fraction of sp³-hybridized carbons (Fsp3) is 0.304. The minimum absolute atomic E-state index is 0.195. The van der Waals surface area contributed by atoms with Crippen LogP contribution in [0.15, 0.2) is 42.7 Å². The van der Waals surface area contributed by atoms with Gasteiger partial charge >= 0.3 is 0 Å². The Morgan fingerprint density at radius 3 is 2.50 bits per heavy atom. The molecule has 0 atom stereocenters. The summed E-state index contributed by atoms with van der Waals surface area (Å²) in [5.41, 5.74) is 5.25. The highest BCUT2D eigenvalue weighted by molar-refractivity contribution is 6.08. The Kier molecular flexibility index (Phi) is 5.10. The normalized spacial score (nSPS) is 14.8. The number of pyridine rings is 1. The predicted octanol–water partition coefficient (Wildman–Crippen LogP) is 2.67. The van der Waals surface area contributed by atoms with Gasteiger partial charge in [0.1, 0.15) is 0 Å². The number of aromatic nitrogens is 5. The van der Waals surface area contributed by atoms with Gasteiger partial charge in [-0.2, -0.15) is 10.2 Å². The Labute approximate surface area is 186 Å². The molecule has 4 aromatic rings. The summed E-state index contributed by atoms with van der Waals surface area (Å²) in [6, 6.07) is 9.68. The van der Waals surface area contributed by atoms with Gasteiger partial charge < -0.3 is 15.1 Å². The molecule has 1 aliphatic heterocycles. The number of rotatable bonds is 4. The van der Waals surface area contributed by atoms with Crippen LogP contribution in [0, 0.1) is 6.92 Å². The van der Waals surface area contributed by atoms with Crippen molar-refractivity contribution in [1.29, 1.82) is 0 Å². The number of benzene rings is 1. The van der Waals surface area contributed by atoms with E-state index >= 15 is 0 Å². The van der Waals surface area contributed by atoms with Crippen molar-refractivity contribution >= 4 is 28.3 Å². The summed E-state index contributed by atoms with van der Waals surface area (Å²) in [6.45, 7) is 6.08. The number of nitrogens with zero attached hydrogens (tertiary/aromatic N) is 6. The minimum atomic E-state index is -0.195. The fourth-order valence-corrected chi connectivity index (χ4v) is 3.98. The molecule has 0 bridgehead atoms. The number of nitrogens with one attached hydrogen (secondary N) is 2. The molecular formula is C23H26N8O. The summed E-state index contributed by atoms with van der Waals surface area (Å²) in [5, 5.41) is 15.3. The number of anilines is 2. The van der Waals surface area contributed by atoms with Crippen LogP contribution in [0.25, 0.3) is 22.2 Å². The molecule has 32 heavy (non-hydrogen) atoms. The highest BCUT2D eigenvalue weighted by Crippen LogP contribution is 2.27. The van der Waals surface area contributed by atoms with E-state index in [9.17, 15) is 4.79 Å². The highest BCUT2D eigenvalue weighted by atomic mass is 16.1. The van der Waals surface area contributed by atoms with Crippen molar-refractivity contribution in [3.05, 3.63) is 54.0 Å². The topological polar surface area (TPSA) is 95.0 Å². The van der Waals surface area contributed by atoms with Gasteiger partial charge in [0, 0.05) is 61.1 Å². The van der Waals surface area contributed by atoms with Crippen LogP contribution in [0.2, 0.25) is 0 Å². The lowest BCUT2D eigenvalue weighted by Crippen LogP contribution is -2.44. The third kappa shape index (κ3) is 3.71. The van der Waals surface area contributed by atoms with Crippen LogP contribution in [-0.2, 0) is 7.05 Å². The minimum Gasteiger partial charge on any atom is -0.369 e. The summed E-state index contributed by atoms with van der Waals surface area (Å²) in [6.07, 6.45) is 3.52. The SMILES string of the molecule is Cc1c(-c2cc3c(NC(=O)c4ccc(N5CCN(C)CC5)cc4)n[nH]c3cn2)cnn1C. The van der Waals surface area contributed by atoms with E-state index in [0.717, 1.165) is 59.7 Å². The molecule has 164 valence electrons. The number of likely N-dealkylation sites (N-methyl/N-ethyl adjacent to an activating group) is 1. The van der Waals surface area contributed by atoms with Gasteiger partial charge in [-0.3, -0.25) is 19.6 Å². The maximum Gasteiger partial charge on any atom is 0.256 e. The molecule has 9 heteroatoms. The molecule has 0 spiro atoms. The zero-order chi connectivity index (χ0) is 22.2. The van der Waals surface area contributed by atoms with Crippen molar-refractivity contribution in [2.24, 2.45) is 7.05 Å². The first-order chi connectivity index (χ1) is 15.5. The molecular weight excluding hydrogens is 404 g/mol. The van der Waals surface area contributed by atoms with Gasteiger partial charge in [-0.25, -0.2) is 0 Å². The number of aryl methyl sites for hydroxylation is 1. The molecule has 1 amide bonds. The van der Waals surface area contributed by atoms with Crippen LogP contribution in [0.5, 0.6) is 0 Å². The summed E-state index contributed by atoms with van der Waals surface area (Å²) >= 11 is 0. The number of carbonyl (C=O) groups excluding carboxylic acids is 1. The molecule has 2 N–H and O–H groups in total. The van der Waals surface area contributed by atoms with E-state index in [1.54, 1.807) is 12.4 Å². The van der Waals surface area contributed by atoms with Gasteiger partial charge in [0.15, 0.2) is 5.82 Å². The number of fused-ring (bicyclic) bond motifs is 1. The highest BCUT2D eigenvalue weighted by Gasteiger charge is 2.17. The van der Waals surface area contributed by atoms with E-state index in [1.165, 1.54) is 0 Å². The smallest absolute Gasteiger partial charge is 0.256 e. The van der Waals surface area contributed by atoms with E-state index in [0.29, 0.717) is 11.4 Å². The second kappa shape index (κ2) is 8.08. The Morgan fingerprint density at radius 2 is 1.81 bits per heavy atom. The van der Waals surface area contributed by atoms with Gasteiger partial charge in [-0.15, -0.1) is 0 Å². The van der Waals surface area contributed by atoms with E-state index in [-0.39, 0.29) is 5.91 Å². The molecule has 0 aliphatic carbocycles. The largest absolute Gasteiger partial charge is 0.369 e. The number of amides is 1. The number of hydrogen-bond acceptors (Lipinski definition) is 6. The van der Waals surface area contributed by atoms with Crippen LogP contribution < -0.4 is 10.2 Å². The molecule has 1 aromatic carbocycles. The second-order valence-electron chi connectivity index (χ2n) is 8.25. The summed E-state index contributed by atoms with van der Waals surface area (Å²) < 4.78 is 1.81. The number of piperazine rings is 1. The molecule has 1 fully saturated rings. The van der Waals surface area contributed by atoms with Crippen molar-refractivity contribution in [2.75, 3.05) is 43.4 Å². The van der Waals surface area contributed by atoms with Gasteiger partial charge in [0.2, 0.25) is 0 Å². The van der Waals surface area contributed by atoms with E-state index in [1.807, 2.05) is 49.0 Å². The standard InChI is InChI=1S/C23H26N8O/c1-15-19(13-25-30(15)3)20-12-18-21(14-24-20)27-28-22(18)26-23(32)16-4-6-17(7-5-16)31-10-8-29(2)9-11-31/h4-7,12-14H,8-11H2,1-3H3,(H2,26,27,28,32). The maximum absolute atomic E-state index is 12.9. The Morgan fingerprint density at radius 1 is 1.06 bits per heavy atom. The van der Waals surface area contributed by atoms with Crippen molar-refractivity contribution in [1.82, 2.24) is 29.9 Å². The average Bonchev–Trinajstić information content (AvgIpc) is 3.37. The summed E-state index contributed by atoms with van der Waals surface area (Å²) in [7, 11) is 4.04. The Balaban J connectivity index is 1.35. The van der Waals surface area contributed by atoms with Crippen molar-refractivity contribution < 1.29 is 4.79 Å². The monoisotopic (exact) mass is 430 g/mol. The number of carbonyl (C=O) groups is 1. The van der Waals surface area contributed by atoms with Crippen LogP contribution in [-0.4, -0.2) is 69.0 Å². The summed E-state index contributed by atoms with van der Waals surface area (Å²) in [5.74, 6) is 0.289.